The second-order valence-electron chi connectivity index (χ2n) is 6.30. The smallest absolute Gasteiger partial charge is 0.271 e. The first-order valence-electron chi connectivity index (χ1n) is 7.95. The highest BCUT2D eigenvalue weighted by Gasteiger charge is 2.27. The molecule has 5 nitrogen and oxygen atoms in total. The number of aromatic nitrogens is 1. The molecule has 0 spiro atoms. The number of hydrogen-bond acceptors (Lipinski definition) is 4. The van der Waals surface area contributed by atoms with Gasteiger partial charge in [-0.25, -0.2) is 8.42 Å². The van der Waals surface area contributed by atoms with Crippen LogP contribution in [0.2, 0.25) is 0 Å². The average molecular weight is 392 g/mol. The lowest BCUT2D eigenvalue weighted by Crippen LogP contribution is -2.14. The van der Waals surface area contributed by atoms with Gasteiger partial charge in [0.15, 0.2) is 0 Å². The van der Waals surface area contributed by atoms with Crippen molar-refractivity contribution in [2.24, 2.45) is 11.7 Å². The molecule has 4 N–H and O–H groups in total. The Hall–Kier alpha value is -1.90. The van der Waals surface area contributed by atoms with Crippen molar-refractivity contribution in [3.63, 3.8) is 0 Å². The van der Waals surface area contributed by atoms with Gasteiger partial charge in [-0.2, -0.15) is 0 Å². The number of thiocarbonyl (C=S) groups is 1. The fourth-order valence-corrected chi connectivity index (χ4v) is 5.52. The molecule has 1 fully saturated rings. The lowest BCUT2D eigenvalue weighted by atomic mass is 10.2. The minimum Gasteiger partial charge on any atom is -0.388 e. The minimum absolute atomic E-state index is 0.245. The molecule has 0 saturated heterocycles. The summed E-state index contributed by atoms with van der Waals surface area (Å²) in [6.07, 6.45) is 3.21. The Balaban J connectivity index is 1.70. The van der Waals surface area contributed by atoms with Crippen LogP contribution in [0, 0.1) is 5.92 Å². The lowest BCUT2D eigenvalue weighted by molar-refractivity contribution is 0.602. The van der Waals surface area contributed by atoms with Crippen LogP contribution in [0.4, 0.5) is 5.69 Å². The summed E-state index contributed by atoms with van der Waals surface area (Å²) < 4.78 is 28.9. The van der Waals surface area contributed by atoms with E-state index in [0.717, 1.165) is 17.4 Å². The zero-order valence-electron chi connectivity index (χ0n) is 13.3. The van der Waals surface area contributed by atoms with E-state index in [9.17, 15) is 8.42 Å². The predicted molar refractivity (Wildman–Crippen MR) is 106 cm³/mol. The molecule has 0 unspecified atom stereocenters. The maximum atomic E-state index is 12.9. The maximum absolute atomic E-state index is 12.9. The standard InChI is InChI=1S/C17H17N3O2S3/c18-16(23)14-9-11-2-1-3-13(15(11)19-14)20-25(21,22)17-12(6-7-24-17)8-10-4-5-10/h1-3,6-7,9-10,19-20H,4-5,8H2,(H2,18,23). The Kier molecular flexibility index (Phi) is 4.05. The summed E-state index contributed by atoms with van der Waals surface area (Å²) in [7, 11) is -3.64. The molecule has 1 aromatic carbocycles. The van der Waals surface area contributed by atoms with Crippen molar-refractivity contribution < 1.29 is 8.42 Å². The van der Waals surface area contributed by atoms with Crippen LogP contribution >= 0.6 is 23.6 Å². The molecule has 3 aromatic rings. The molecular formula is C17H17N3O2S3. The molecule has 8 heteroatoms. The highest BCUT2D eigenvalue weighted by molar-refractivity contribution is 7.94. The normalized spacial score (nSPS) is 14.7. The number of sulfonamides is 1. The second kappa shape index (κ2) is 6.12. The Bertz CT molecular complexity index is 1060. The number of anilines is 1. The van der Waals surface area contributed by atoms with Crippen LogP contribution in [0.15, 0.2) is 39.9 Å². The third-order valence-corrected chi connectivity index (χ3v) is 7.48. The maximum Gasteiger partial charge on any atom is 0.271 e. The average Bonchev–Trinajstić information content (AvgIpc) is 3.07. The number of benzene rings is 1. The first kappa shape index (κ1) is 16.6. The number of H-pyrrole nitrogens is 1. The van der Waals surface area contributed by atoms with E-state index in [1.165, 1.54) is 24.2 Å². The van der Waals surface area contributed by atoms with Gasteiger partial charge < -0.3 is 10.7 Å². The molecule has 0 aliphatic heterocycles. The van der Waals surface area contributed by atoms with Gasteiger partial charge in [-0.3, -0.25) is 4.72 Å². The monoisotopic (exact) mass is 391 g/mol. The van der Waals surface area contributed by atoms with Gasteiger partial charge in [-0.1, -0.05) is 24.4 Å². The van der Waals surface area contributed by atoms with Crippen molar-refractivity contribution in [3.8, 4) is 0 Å². The van der Waals surface area contributed by atoms with E-state index < -0.39 is 10.0 Å². The number of para-hydroxylation sites is 1. The lowest BCUT2D eigenvalue weighted by Gasteiger charge is -2.09. The van der Waals surface area contributed by atoms with Gasteiger partial charge in [0.05, 0.1) is 16.9 Å². The number of nitrogens with one attached hydrogen (secondary N) is 2. The van der Waals surface area contributed by atoms with Crippen LogP contribution in [0.1, 0.15) is 24.1 Å². The fourth-order valence-electron chi connectivity index (χ4n) is 2.91. The number of thiophene rings is 1. The minimum atomic E-state index is -3.64. The zero-order valence-corrected chi connectivity index (χ0v) is 15.7. The van der Waals surface area contributed by atoms with Gasteiger partial charge in [0, 0.05) is 5.39 Å². The van der Waals surface area contributed by atoms with E-state index in [1.807, 2.05) is 23.6 Å². The van der Waals surface area contributed by atoms with Crippen molar-refractivity contribution in [3.05, 3.63) is 47.0 Å². The number of hydrogen-bond donors (Lipinski definition) is 3. The van der Waals surface area contributed by atoms with Gasteiger partial charge in [0.2, 0.25) is 0 Å². The number of nitrogens with two attached hydrogens (primary N) is 1. The van der Waals surface area contributed by atoms with Gasteiger partial charge in [0.1, 0.15) is 9.20 Å². The van der Waals surface area contributed by atoms with Crippen molar-refractivity contribution in [2.45, 2.75) is 23.5 Å². The highest BCUT2D eigenvalue weighted by atomic mass is 32.2. The van der Waals surface area contributed by atoms with Crippen LogP contribution < -0.4 is 10.5 Å². The molecule has 2 aromatic heterocycles. The molecule has 0 radical (unpaired) electrons. The van der Waals surface area contributed by atoms with Crippen molar-refractivity contribution in [1.29, 1.82) is 0 Å². The van der Waals surface area contributed by atoms with E-state index in [4.69, 9.17) is 18.0 Å². The van der Waals surface area contributed by atoms with Gasteiger partial charge in [-0.05, 0) is 54.3 Å². The molecule has 1 aliphatic carbocycles. The Morgan fingerprint density at radius 3 is 2.88 bits per heavy atom. The van der Waals surface area contributed by atoms with Crippen molar-refractivity contribution in [1.82, 2.24) is 4.98 Å². The first-order chi connectivity index (χ1) is 11.9. The third-order valence-electron chi connectivity index (χ3n) is 4.32. The van der Waals surface area contributed by atoms with E-state index in [2.05, 4.69) is 9.71 Å². The van der Waals surface area contributed by atoms with E-state index in [1.54, 1.807) is 12.1 Å². The summed E-state index contributed by atoms with van der Waals surface area (Å²) in [5.74, 6) is 0.628. The molecule has 2 heterocycles. The van der Waals surface area contributed by atoms with Crippen molar-refractivity contribution in [2.75, 3.05) is 4.72 Å². The largest absolute Gasteiger partial charge is 0.388 e. The Morgan fingerprint density at radius 2 is 2.16 bits per heavy atom. The SMILES string of the molecule is NC(=S)c1cc2cccc(NS(=O)(=O)c3sccc3CC3CC3)c2[nH]1. The van der Waals surface area contributed by atoms with Gasteiger partial charge in [0.25, 0.3) is 10.0 Å². The summed E-state index contributed by atoms with van der Waals surface area (Å²) >= 11 is 6.25. The van der Waals surface area contributed by atoms with E-state index in [-0.39, 0.29) is 4.99 Å². The molecule has 4 rings (SSSR count). The second-order valence-corrected chi connectivity index (χ2v) is 9.54. The molecular weight excluding hydrogens is 374 g/mol. The number of aromatic amines is 1. The Morgan fingerprint density at radius 1 is 1.36 bits per heavy atom. The van der Waals surface area contributed by atoms with Crippen LogP contribution in [0.25, 0.3) is 10.9 Å². The predicted octanol–water partition coefficient (Wildman–Crippen LogP) is 3.62. The number of fused-ring (bicyclic) bond motifs is 1. The van der Waals surface area contributed by atoms with Crippen LogP contribution in [-0.4, -0.2) is 18.4 Å². The molecule has 0 atom stereocenters. The molecule has 1 saturated carbocycles. The van der Waals surface area contributed by atoms with E-state index in [0.29, 0.717) is 27.0 Å². The summed E-state index contributed by atoms with van der Waals surface area (Å²) in [5.41, 5.74) is 8.35. The molecule has 0 amide bonds. The fraction of sp³-hybridized carbons (Fsp3) is 0.235. The van der Waals surface area contributed by atoms with Crippen LogP contribution in [0.3, 0.4) is 0 Å². The van der Waals surface area contributed by atoms with Crippen LogP contribution in [0.5, 0.6) is 0 Å². The molecule has 1 aliphatic rings. The summed E-state index contributed by atoms with van der Waals surface area (Å²) in [5, 5.41) is 2.69. The number of rotatable bonds is 6. The Labute approximate surface area is 155 Å². The molecule has 0 bridgehead atoms. The van der Waals surface area contributed by atoms with Gasteiger partial charge in [-0.15, -0.1) is 11.3 Å². The first-order valence-corrected chi connectivity index (χ1v) is 10.7. The molecule has 25 heavy (non-hydrogen) atoms. The third kappa shape index (κ3) is 3.29. The van der Waals surface area contributed by atoms with E-state index >= 15 is 0 Å². The summed E-state index contributed by atoms with van der Waals surface area (Å²) in [4.78, 5) is 3.34. The van der Waals surface area contributed by atoms with Crippen LogP contribution in [-0.2, 0) is 16.4 Å². The van der Waals surface area contributed by atoms with Gasteiger partial charge >= 0.3 is 0 Å². The quantitative estimate of drug-likeness (QED) is 0.560. The highest BCUT2D eigenvalue weighted by Crippen LogP contribution is 2.36. The summed E-state index contributed by atoms with van der Waals surface area (Å²) in [6.45, 7) is 0. The summed E-state index contributed by atoms with van der Waals surface area (Å²) in [6, 6.07) is 9.15. The van der Waals surface area contributed by atoms with Crippen molar-refractivity contribution >= 4 is 55.2 Å². The molecule has 130 valence electrons. The topological polar surface area (TPSA) is 88.0 Å². The zero-order chi connectivity index (χ0) is 17.6.